The molecule has 0 bridgehead atoms. The third-order valence-electron chi connectivity index (χ3n) is 3.59. The van der Waals surface area contributed by atoms with Gasteiger partial charge in [-0.1, -0.05) is 17.7 Å². The second-order valence-electron chi connectivity index (χ2n) is 4.94. The molecule has 2 unspecified atom stereocenters. The highest BCUT2D eigenvalue weighted by molar-refractivity contribution is 6.31. The molecule has 0 amide bonds. The first kappa shape index (κ1) is 14.6. The van der Waals surface area contributed by atoms with Crippen LogP contribution in [0.15, 0.2) is 18.2 Å². The van der Waals surface area contributed by atoms with E-state index in [2.05, 4.69) is 0 Å². The number of halogens is 1. The Balaban J connectivity index is 1.90. The second-order valence-corrected chi connectivity index (χ2v) is 5.34. The van der Waals surface area contributed by atoms with Crippen molar-refractivity contribution < 1.29 is 14.6 Å². The molecule has 19 heavy (non-hydrogen) atoms. The molecule has 4 heteroatoms. The molecule has 1 aliphatic heterocycles. The summed E-state index contributed by atoms with van der Waals surface area (Å²) in [5.41, 5.74) is 0.694. The number of hydrogen-bond acceptors (Lipinski definition) is 3. The van der Waals surface area contributed by atoms with Gasteiger partial charge in [-0.15, -0.1) is 0 Å². The molecule has 0 saturated carbocycles. The largest absolute Gasteiger partial charge is 0.496 e. The summed E-state index contributed by atoms with van der Waals surface area (Å²) in [6.45, 7) is 0.881. The Morgan fingerprint density at radius 3 is 3.05 bits per heavy atom. The Morgan fingerprint density at radius 2 is 2.37 bits per heavy atom. The van der Waals surface area contributed by atoms with Gasteiger partial charge in [0, 0.05) is 12.2 Å². The minimum Gasteiger partial charge on any atom is -0.496 e. The van der Waals surface area contributed by atoms with Gasteiger partial charge in [0.05, 0.1) is 24.3 Å². The van der Waals surface area contributed by atoms with Crippen molar-refractivity contribution in [2.24, 2.45) is 0 Å². The molecule has 1 fully saturated rings. The van der Waals surface area contributed by atoms with E-state index in [-0.39, 0.29) is 0 Å². The topological polar surface area (TPSA) is 38.7 Å². The number of hydrogen-bond donors (Lipinski definition) is 1. The quantitative estimate of drug-likeness (QED) is 0.865. The SMILES string of the molecule is COc1cccc(Cl)c1C(O)CCCC1CCCO1. The van der Waals surface area contributed by atoms with E-state index in [4.69, 9.17) is 21.1 Å². The smallest absolute Gasteiger partial charge is 0.126 e. The first-order chi connectivity index (χ1) is 9.22. The average Bonchev–Trinajstić information content (AvgIpc) is 2.91. The molecular formula is C15H21ClO3. The highest BCUT2D eigenvalue weighted by atomic mass is 35.5. The Bertz CT molecular complexity index is 402. The van der Waals surface area contributed by atoms with E-state index in [0.717, 1.165) is 32.3 Å². The molecule has 2 atom stereocenters. The van der Waals surface area contributed by atoms with Crippen LogP contribution < -0.4 is 4.74 Å². The summed E-state index contributed by atoms with van der Waals surface area (Å²) in [6, 6.07) is 5.43. The number of benzene rings is 1. The van der Waals surface area contributed by atoms with Gasteiger partial charge in [0.25, 0.3) is 0 Å². The van der Waals surface area contributed by atoms with Crippen molar-refractivity contribution in [1.29, 1.82) is 0 Å². The molecule has 3 nitrogen and oxygen atoms in total. The van der Waals surface area contributed by atoms with Crippen molar-refractivity contribution in [3.8, 4) is 5.75 Å². The molecule has 1 aromatic carbocycles. The minimum absolute atomic E-state index is 0.375. The van der Waals surface area contributed by atoms with E-state index in [1.807, 2.05) is 12.1 Å². The van der Waals surface area contributed by atoms with Crippen LogP contribution in [0.25, 0.3) is 0 Å². The van der Waals surface area contributed by atoms with Gasteiger partial charge in [0.2, 0.25) is 0 Å². The highest BCUT2D eigenvalue weighted by Gasteiger charge is 2.19. The molecule has 1 aliphatic rings. The fraction of sp³-hybridized carbons (Fsp3) is 0.600. The normalized spacial score (nSPS) is 20.5. The van der Waals surface area contributed by atoms with Crippen molar-refractivity contribution in [3.63, 3.8) is 0 Å². The monoisotopic (exact) mass is 284 g/mol. The second kappa shape index (κ2) is 7.13. The van der Waals surface area contributed by atoms with Gasteiger partial charge >= 0.3 is 0 Å². The van der Waals surface area contributed by atoms with Crippen LogP contribution in [0.4, 0.5) is 0 Å². The first-order valence-corrected chi connectivity index (χ1v) is 7.22. The number of methoxy groups -OCH3 is 1. The van der Waals surface area contributed by atoms with Crippen LogP contribution in [0, 0.1) is 0 Å². The standard InChI is InChI=1S/C15H21ClO3/c1-18-14-9-3-7-12(16)15(14)13(17)8-2-5-11-6-4-10-19-11/h3,7,9,11,13,17H,2,4-6,8,10H2,1H3. The van der Waals surface area contributed by atoms with Crippen molar-refractivity contribution >= 4 is 11.6 Å². The molecule has 0 spiro atoms. The summed E-state index contributed by atoms with van der Waals surface area (Å²) in [4.78, 5) is 0. The predicted molar refractivity (Wildman–Crippen MR) is 75.8 cm³/mol. The number of ether oxygens (including phenoxy) is 2. The van der Waals surface area contributed by atoms with Crippen molar-refractivity contribution in [3.05, 3.63) is 28.8 Å². The first-order valence-electron chi connectivity index (χ1n) is 6.84. The summed E-state index contributed by atoms with van der Waals surface area (Å²) in [6.07, 6.45) is 4.71. The van der Waals surface area contributed by atoms with Crippen LogP contribution in [0.5, 0.6) is 5.75 Å². The molecule has 2 rings (SSSR count). The predicted octanol–water partition coefficient (Wildman–Crippen LogP) is 3.73. The lowest BCUT2D eigenvalue weighted by Crippen LogP contribution is -2.07. The lowest BCUT2D eigenvalue weighted by molar-refractivity contribution is 0.0941. The molecular weight excluding hydrogens is 264 g/mol. The molecule has 1 N–H and O–H groups in total. The fourth-order valence-electron chi connectivity index (χ4n) is 2.57. The minimum atomic E-state index is -0.579. The van der Waals surface area contributed by atoms with E-state index < -0.39 is 6.10 Å². The highest BCUT2D eigenvalue weighted by Crippen LogP contribution is 2.34. The van der Waals surface area contributed by atoms with E-state index >= 15 is 0 Å². The van der Waals surface area contributed by atoms with Gasteiger partial charge < -0.3 is 14.6 Å². The van der Waals surface area contributed by atoms with Crippen LogP contribution in [0.1, 0.15) is 43.8 Å². The molecule has 0 aromatic heterocycles. The summed E-state index contributed by atoms with van der Waals surface area (Å²) in [5, 5.41) is 10.8. The molecule has 106 valence electrons. The van der Waals surface area contributed by atoms with Crippen molar-refractivity contribution in [2.45, 2.75) is 44.3 Å². The molecule has 1 aromatic rings. The van der Waals surface area contributed by atoms with E-state index in [1.54, 1.807) is 13.2 Å². The third kappa shape index (κ3) is 3.85. The Labute approximate surface area is 119 Å². The maximum absolute atomic E-state index is 10.3. The molecule has 0 radical (unpaired) electrons. The Kier molecular flexibility index (Phi) is 5.49. The van der Waals surface area contributed by atoms with Crippen molar-refractivity contribution in [2.75, 3.05) is 13.7 Å². The lowest BCUT2D eigenvalue weighted by Gasteiger charge is -2.17. The maximum Gasteiger partial charge on any atom is 0.126 e. The van der Waals surface area contributed by atoms with E-state index in [0.29, 0.717) is 28.9 Å². The van der Waals surface area contributed by atoms with Crippen LogP contribution in [0.3, 0.4) is 0 Å². The van der Waals surface area contributed by atoms with Crippen molar-refractivity contribution in [1.82, 2.24) is 0 Å². The third-order valence-corrected chi connectivity index (χ3v) is 3.92. The van der Waals surface area contributed by atoms with Crippen LogP contribution in [-0.4, -0.2) is 24.9 Å². The zero-order valence-electron chi connectivity index (χ0n) is 11.3. The molecule has 1 saturated heterocycles. The van der Waals surface area contributed by atoms with Gasteiger partial charge in [-0.3, -0.25) is 0 Å². The summed E-state index contributed by atoms with van der Waals surface area (Å²) in [5.74, 6) is 0.650. The summed E-state index contributed by atoms with van der Waals surface area (Å²) < 4.78 is 10.8. The Morgan fingerprint density at radius 1 is 1.53 bits per heavy atom. The molecule has 0 aliphatic carbocycles. The zero-order chi connectivity index (χ0) is 13.7. The summed E-state index contributed by atoms with van der Waals surface area (Å²) in [7, 11) is 1.59. The van der Waals surface area contributed by atoms with E-state index in [9.17, 15) is 5.11 Å². The molecule has 1 heterocycles. The van der Waals surface area contributed by atoms with Crippen LogP contribution in [-0.2, 0) is 4.74 Å². The van der Waals surface area contributed by atoms with Gasteiger partial charge in [-0.25, -0.2) is 0 Å². The van der Waals surface area contributed by atoms with Gasteiger partial charge in [0.1, 0.15) is 5.75 Å². The zero-order valence-corrected chi connectivity index (χ0v) is 12.0. The van der Waals surface area contributed by atoms with Gasteiger partial charge in [0.15, 0.2) is 0 Å². The lowest BCUT2D eigenvalue weighted by atomic mass is 10.0. The average molecular weight is 285 g/mol. The number of rotatable bonds is 6. The fourth-order valence-corrected chi connectivity index (χ4v) is 2.87. The van der Waals surface area contributed by atoms with Crippen LogP contribution >= 0.6 is 11.6 Å². The van der Waals surface area contributed by atoms with Crippen LogP contribution in [0.2, 0.25) is 5.02 Å². The number of aliphatic hydroxyl groups excluding tert-OH is 1. The van der Waals surface area contributed by atoms with Gasteiger partial charge in [-0.05, 0) is 44.2 Å². The maximum atomic E-state index is 10.3. The van der Waals surface area contributed by atoms with E-state index in [1.165, 1.54) is 0 Å². The Hall–Kier alpha value is -0.770. The van der Waals surface area contributed by atoms with Gasteiger partial charge in [-0.2, -0.15) is 0 Å². The number of aliphatic hydroxyl groups is 1. The summed E-state index contributed by atoms with van der Waals surface area (Å²) >= 11 is 6.14.